The van der Waals surface area contributed by atoms with Gasteiger partial charge in [0.05, 0.1) is 34.1 Å². The van der Waals surface area contributed by atoms with E-state index in [2.05, 4.69) is 26.8 Å². The lowest BCUT2D eigenvalue weighted by molar-refractivity contribution is 0.0519. The monoisotopic (exact) mass is 514 g/mol. The van der Waals surface area contributed by atoms with Gasteiger partial charge in [0.2, 0.25) is 0 Å². The number of aryl methyl sites for hydroxylation is 1. The average molecular weight is 515 g/mol. The highest BCUT2D eigenvalue weighted by atomic mass is 32.2. The first-order valence-electron chi connectivity index (χ1n) is 12.3. The largest absolute Gasteiger partial charge is 0.476 e. The van der Waals surface area contributed by atoms with Gasteiger partial charge < -0.3 is 14.7 Å². The predicted octanol–water partition coefficient (Wildman–Crippen LogP) is 3.60. The number of carboxylic acid groups (broad SMARTS) is 1. The summed E-state index contributed by atoms with van der Waals surface area (Å²) in [6.07, 6.45) is 2.44. The Kier molecular flexibility index (Phi) is 7.21. The van der Waals surface area contributed by atoms with Gasteiger partial charge in [-0.05, 0) is 70.4 Å². The number of hydrogen-bond acceptors (Lipinski definition) is 7. The molecule has 0 radical (unpaired) electrons. The van der Waals surface area contributed by atoms with E-state index in [0.717, 1.165) is 19.3 Å². The van der Waals surface area contributed by atoms with Crippen LogP contribution in [0, 0.1) is 12.3 Å². The molecule has 2 N–H and O–H groups in total. The number of carbonyl (C=O) groups is 2. The summed E-state index contributed by atoms with van der Waals surface area (Å²) in [5.41, 5.74) is 2.25. The number of esters is 1. The Labute approximate surface area is 214 Å². The van der Waals surface area contributed by atoms with Crippen LogP contribution in [0.3, 0.4) is 0 Å². The van der Waals surface area contributed by atoms with Gasteiger partial charge in [0.15, 0.2) is 17.2 Å². The third kappa shape index (κ3) is 4.88. The number of benzene rings is 1. The van der Waals surface area contributed by atoms with Gasteiger partial charge in [-0.25, -0.2) is 28.5 Å². The molecule has 4 rings (SSSR count). The van der Waals surface area contributed by atoms with Crippen molar-refractivity contribution in [3.05, 3.63) is 52.5 Å². The molecule has 9 nitrogen and oxygen atoms in total. The van der Waals surface area contributed by atoms with Crippen molar-refractivity contribution in [2.75, 3.05) is 24.6 Å². The molecule has 2 aliphatic rings. The third-order valence-corrected chi connectivity index (χ3v) is 8.65. The number of piperidine rings is 1. The minimum absolute atomic E-state index is 0.0531. The normalized spacial score (nSPS) is 19.7. The molecule has 1 fully saturated rings. The van der Waals surface area contributed by atoms with Crippen LogP contribution in [-0.4, -0.2) is 55.7 Å². The first-order chi connectivity index (χ1) is 17.0. The lowest BCUT2D eigenvalue weighted by Gasteiger charge is -2.44. The molecule has 1 aliphatic heterocycles. The Morgan fingerprint density at radius 1 is 1.19 bits per heavy atom. The smallest absolute Gasteiger partial charge is 0.360 e. The molecule has 36 heavy (non-hydrogen) atoms. The number of fused-ring (bicyclic) bond motifs is 1. The molecule has 1 saturated heterocycles. The fourth-order valence-corrected chi connectivity index (χ4v) is 6.10. The number of carbonyl (C=O) groups excluding carboxylic acids is 1. The van der Waals surface area contributed by atoms with Gasteiger partial charge in [0, 0.05) is 13.1 Å². The lowest BCUT2D eigenvalue weighted by Crippen LogP contribution is -2.48. The Morgan fingerprint density at radius 2 is 1.86 bits per heavy atom. The van der Waals surface area contributed by atoms with Crippen molar-refractivity contribution >= 4 is 28.7 Å². The molecular weight excluding hydrogens is 480 g/mol. The molecule has 0 saturated carbocycles. The van der Waals surface area contributed by atoms with Crippen LogP contribution in [0.4, 0.5) is 5.82 Å². The van der Waals surface area contributed by atoms with Crippen molar-refractivity contribution in [1.29, 1.82) is 0 Å². The lowest BCUT2D eigenvalue weighted by atomic mass is 9.73. The summed E-state index contributed by atoms with van der Waals surface area (Å²) in [7, 11) is -1.23. The van der Waals surface area contributed by atoms with Gasteiger partial charge >= 0.3 is 11.9 Å². The van der Waals surface area contributed by atoms with E-state index in [0.29, 0.717) is 18.9 Å². The molecule has 1 spiro atoms. The van der Waals surface area contributed by atoms with Gasteiger partial charge in [-0.3, -0.25) is 0 Å². The zero-order valence-electron chi connectivity index (χ0n) is 21.5. The summed E-state index contributed by atoms with van der Waals surface area (Å²) < 4.78 is 21.3. The third-order valence-electron chi connectivity index (χ3n) is 7.08. The van der Waals surface area contributed by atoms with E-state index >= 15 is 0 Å². The van der Waals surface area contributed by atoms with Crippen LogP contribution in [0.15, 0.2) is 24.3 Å². The number of ether oxygens (including phenoxy) is 1. The number of aromatic carboxylic acids is 1. The van der Waals surface area contributed by atoms with Crippen molar-refractivity contribution in [1.82, 2.24) is 14.7 Å². The standard InChI is InChI=1S/C26H34N4O5S/c1-6-35-24(33)20-22(27-16(2)19(28-20)23(31)32)30-13-11-26(12-14-30)15-17-9-7-8-10-18(17)21(26)29-36(34)25(3,4)5/h7-10,21,29H,6,11-15H2,1-5H3,(H,31,32)/t21?,36-/m1/s1. The fourth-order valence-electron chi connectivity index (χ4n) is 5.16. The van der Waals surface area contributed by atoms with Crippen LogP contribution < -0.4 is 9.62 Å². The van der Waals surface area contributed by atoms with Gasteiger partial charge in [-0.2, -0.15) is 0 Å². The van der Waals surface area contributed by atoms with E-state index in [4.69, 9.17) is 4.74 Å². The predicted molar refractivity (Wildman–Crippen MR) is 137 cm³/mol. The molecule has 1 aromatic heterocycles. The number of hydrogen-bond donors (Lipinski definition) is 2. The second kappa shape index (κ2) is 9.89. The zero-order chi connectivity index (χ0) is 26.3. The number of nitrogens with zero attached hydrogens (tertiary/aromatic N) is 3. The van der Waals surface area contributed by atoms with Gasteiger partial charge in [-0.1, -0.05) is 24.3 Å². The van der Waals surface area contributed by atoms with Crippen molar-refractivity contribution in [2.24, 2.45) is 5.41 Å². The molecule has 2 aromatic rings. The van der Waals surface area contributed by atoms with E-state index in [1.165, 1.54) is 11.1 Å². The summed E-state index contributed by atoms with van der Waals surface area (Å²) in [6, 6.07) is 8.27. The van der Waals surface area contributed by atoms with Crippen LogP contribution >= 0.6 is 0 Å². The fraction of sp³-hybridized carbons (Fsp3) is 0.538. The molecular formula is C26H34N4O5S. The first-order valence-corrected chi connectivity index (χ1v) is 13.4. The summed E-state index contributed by atoms with van der Waals surface area (Å²) in [6.45, 7) is 10.5. The molecule has 2 heterocycles. The second-order valence-corrected chi connectivity index (χ2v) is 12.5. The summed E-state index contributed by atoms with van der Waals surface area (Å²) in [4.78, 5) is 34.9. The molecule has 0 amide bonds. The first kappa shape index (κ1) is 26.2. The van der Waals surface area contributed by atoms with Crippen LogP contribution in [0.1, 0.15) is 84.4 Å². The van der Waals surface area contributed by atoms with Gasteiger partial charge in [0.25, 0.3) is 0 Å². The quantitative estimate of drug-likeness (QED) is 0.561. The Morgan fingerprint density at radius 3 is 2.47 bits per heavy atom. The van der Waals surface area contributed by atoms with E-state index in [1.54, 1.807) is 13.8 Å². The van der Waals surface area contributed by atoms with Crippen molar-refractivity contribution in [2.45, 2.75) is 64.7 Å². The molecule has 2 atom stereocenters. The highest BCUT2D eigenvalue weighted by Crippen LogP contribution is 2.52. The highest BCUT2D eigenvalue weighted by molar-refractivity contribution is 7.84. The topological polar surface area (TPSA) is 122 Å². The minimum atomic E-state index is -1.24. The summed E-state index contributed by atoms with van der Waals surface area (Å²) in [5, 5.41) is 9.49. The van der Waals surface area contributed by atoms with E-state index in [-0.39, 0.29) is 35.1 Å². The number of rotatable bonds is 6. The van der Waals surface area contributed by atoms with Gasteiger partial charge in [0.1, 0.15) is 0 Å². The Bertz CT molecular complexity index is 1200. The molecule has 1 unspecified atom stereocenters. The Hall–Kier alpha value is -2.85. The second-order valence-electron chi connectivity index (χ2n) is 10.5. The van der Waals surface area contributed by atoms with E-state index in [1.807, 2.05) is 37.8 Å². The van der Waals surface area contributed by atoms with Crippen LogP contribution in [0.25, 0.3) is 0 Å². The number of carboxylic acids is 1. The molecule has 1 aliphatic carbocycles. The maximum absolute atomic E-state index is 13.1. The molecule has 10 heteroatoms. The van der Waals surface area contributed by atoms with Crippen molar-refractivity contribution < 1.29 is 23.6 Å². The SMILES string of the molecule is CCOC(=O)c1nc(C(=O)O)c(C)nc1N1CCC2(CC1)Cc1ccccc1C2N[S@](=O)C(C)(C)C. The summed E-state index contributed by atoms with van der Waals surface area (Å²) >= 11 is 0. The molecule has 194 valence electrons. The number of aromatic nitrogens is 2. The van der Waals surface area contributed by atoms with Crippen LogP contribution in [0.5, 0.6) is 0 Å². The maximum atomic E-state index is 13.1. The Balaban J connectivity index is 1.64. The van der Waals surface area contributed by atoms with Gasteiger partial charge in [-0.15, -0.1) is 0 Å². The van der Waals surface area contributed by atoms with E-state index in [9.17, 15) is 18.9 Å². The minimum Gasteiger partial charge on any atom is -0.476 e. The number of nitrogens with one attached hydrogen (secondary N) is 1. The van der Waals surface area contributed by atoms with Crippen LogP contribution in [0.2, 0.25) is 0 Å². The number of anilines is 1. The molecule has 1 aromatic carbocycles. The van der Waals surface area contributed by atoms with E-state index < -0.39 is 27.7 Å². The van der Waals surface area contributed by atoms with Crippen LogP contribution in [-0.2, 0) is 22.1 Å². The average Bonchev–Trinajstić information content (AvgIpc) is 3.11. The molecule has 0 bridgehead atoms. The summed E-state index contributed by atoms with van der Waals surface area (Å²) in [5.74, 6) is -1.57. The van der Waals surface area contributed by atoms with Crippen molar-refractivity contribution in [3.63, 3.8) is 0 Å². The highest BCUT2D eigenvalue weighted by Gasteiger charge is 2.49. The zero-order valence-corrected chi connectivity index (χ0v) is 22.3. The maximum Gasteiger partial charge on any atom is 0.360 e. The van der Waals surface area contributed by atoms with Crippen molar-refractivity contribution in [3.8, 4) is 0 Å².